The average Bonchev–Trinajstić information content (AvgIpc) is 2.75. The van der Waals surface area contributed by atoms with Gasteiger partial charge in [0, 0.05) is 10.4 Å². The second-order valence-corrected chi connectivity index (χ2v) is 6.63. The lowest BCUT2D eigenvalue weighted by Crippen LogP contribution is -2.49. The summed E-state index contributed by atoms with van der Waals surface area (Å²) in [6.07, 6.45) is 6.14. The van der Waals surface area contributed by atoms with Gasteiger partial charge in [-0.05, 0) is 55.4 Å². The van der Waals surface area contributed by atoms with E-state index in [2.05, 4.69) is 31.4 Å². The summed E-state index contributed by atoms with van der Waals surface area (Å²) in [5.41, 5.74) is 6.68. The molecule has 1 aliphatic carbocycles. The fraction of sp³-hybridized carbons (Fsp3) is 0.714. The van der Waals surface area contributed by atoms with Crippen LogP contribution in [-0.4, -0.2) is 5.54 Å². The van der Waals surface area contributed by atoms with Crippen molar-refractivity contribution in [1.29, 1.82) is 0 Å². The fourth-order valence-corrected chi connectivity index (χ4v) is 3.61. The number of nitrogens with two attached hydrogens (primary N) is 1. The van der Waals surface area contributed by atoms with Crippen LogP contribution in [0.2, 0.25) is 0 Å². The molecule has 1 aromatic heterocycles. The van der Waals surface area contributed by atoms with E-state index >= 15 is 0 Å². The first-order chi connectivity index (χ1) is 7.60. The van der Waals surface area contributed by atoms with Crippen molar-refractivity contribution >= 4 is 11.3 Å². The van der Waals surface area contributed by atoms with Crippen LogP contribution in [0.15, 0.2) is 17.5 Å². The minimum atomic E-state index is 0.0938. The summed E-state index contributed by atoms with van der Waals surface area (Å²) in [7, 11) is 0. The van der Waals surface area contributed by atoms with E-state index in [4.69, 9.17) is 5.73 Å². The van der Waals surface area contributed by atoms with Gasteiger partial charge in [0.2, 0.25) is 0 Å². The molecule has 0 spiro atoms. The van der Waals surface area contributed by atoms with Gasteiger partial charge >= 0.3 is 0 Å². The van der Waals surface area contributed by atoms with Crippen molar-refractivity contribution in [1.82, 2.24) is 0 Å². The summed E-state index contributed by atoms with van der Waals surface area (Å²) >= 11 is 1.86. The standard InChI is InChI=1S/C14H23NS/c1-11-5-7-14(15,12(2)10-11)8-6-13-4-3-9-16-13/h3-4,9,11-12H,5-8,10,15H2,1-2H3. The topological polar surface area (TPSA) is 26.0 Å². The van der Waals surface area contributed by atoms with E-state index in [-0.39, 0.29) is 5.54 Å². The first-order valence-electron chi connectivity index (χ1n) is 6.41. The Labute approximate surface area is 103 Å². The smallest absolute Gasteiger partial charge is 0.0183 e. The van der Waals surface area contributed by atoms with E-state index < -0.39 is 0 Å². The average molecular weight is 237 g/mol. The Balaban J connectivity index is 1.92. The van der Waals surface area contributed by atoms with Gasteiger partial charge in [-0.25, -0.2) is 0 Å². The summed E-state index contributed by atoms with van der Waals surface area (Å²) in [6.45, 7) is 4.69. The lowest BCUT2D eigenvalue weighted by Gasteiger charge is -2.42. The Kier molecular flexibility index (Phi) is 3.70. The lowest BCUT2D eigenvalue weighted by atomic mass is 9.68. The van der Waals surface area contributed by atoms with Gasteiger partial charge in [-0.3, -0.25) is 0 Å². The third-order valence-electron chi connectivity index (χ3n) is 4.26. The predicted octanol–water partition coefficient (Wildman–Crippen LogP) is 3.83. The van der Waals surface area contributed by atoms with Gasteiger partial charge in [-0.1, -0.05) is 19.9 Å². The Hall–Kier alpha value is -0.340. The van der Waals surface area contributed by atoms with Crippen molar-refractivity contribution in [2.75, 3.05) is 0 Å². The monoisotopic (exact) mass is 237 g/mol. The van der Waals surface area contributed by atoms with Crippen LogP contribution in [0.5, 0.6) is 0 Å². The highest BCUT2D eigenvalue weighted by atomic mass is 32.1. The third-order valence-corrected chi connectivity index (χ3v) is 5.19. The molecule has 1 aromatic rings. The molecule has 1 fully saturated rings. The summed E-state index contributed by atoms with van der Waals surface area (Å²) in [6, 6.07) is 4.36. The van der Waals surface area contributed by atoms with Crippen molar-refractivity contribution in [3.8, 4) is 0 Å². The van der Waals surface area contributed by atoms with Crippen LogP contribution in [-0.2, 0) is 6.42 Å². The van der Waals surface area contributed by atoms with Crippen molar-refractivity contribution in [2.45, 2.75) is 51.5 Å². The van der Waals surface area contributed by atoms with Gasteiger partial charge in [0.1, 0.15) is 0 Å². The molecule has 16 heavy (non-hydrogen) atoms. The Morgan fingerprint density at radius 3 is 2.94 bits per heavy atom. The van der Waals surface area contributed by atoms with Crippen LogP contribution >= 0.6 is 11.3 Å². The molecular weight excluding hydrogens is 214 g/mol. The molecule has 0 aliphatic heterocycles. The van der Waals surface area contributed by atoms with Crippen LogP contribution in [0, 0.1) is 11.8 Å². The number of rotatable bonds is 3. The molecule has 90 valence electrons. The molecule has 1 nitrogen and oxygen atoms in total. The second kappa shape index (κ2) is 4.89. The Morgan fingerprint density at radius 2 is 2.31 bits per heavy atom. The number of hydrogen-bond donors (Lipinski definition) is 1. The third kappa shape index (κ3) is 2.67. The molecular formula is C14H23NS. The second-order valence-electron chi connectivity index (χ2n) is 5.59. The molecule has 2 rings (SSSR count). The van der Waals surface area contributed by atoms with E-state index in [9.17, 15) is 0 Å². The number of hydrogen-bond acceptors (Lipinski definition) is 2. The van der Waals surface area contributed by atoms with Crippen molar-refractivity contribution in [2.24, 2.45) is 17.6 Å². The first kappa shape index (κ1) is 12.1. The van der Waals surface area contributed by atoms with Gasteiger partial charge in [0.25, 0.3) is 0 Å². The van der Waals surface area contributed by atoms with Gasteiger partial charge in [-0.15, -0.1) is 11.3 Å². The van der Waals surface area contributed by atoms with Crippen molar-refractivity contribution in [3.05, 3.63) is 22.4 Å². The quantitative estimate of drug-likeness (QED) is 0.849. The lowest BCUT2D eigenvalue weighted by molar-refractivity contribution is 0.154. The van der Waals surface area contributed by atoms with E-state index in [1.54, 1.807) is 0 Å². The maximum absolute atomic E-state index is 6.59. The molecule has 2 N–H and O–H groups in total. The Bertz CT molecular complexity index is 319. The first-order valence-corrected chi connectivity index (χ1v) is 7.29. The van der Waals surface area contributed by atoms with E-state index in [1.165, 1.54) is 24.1 Å². The van der Waals surface area contributed by atoms with Crippen LogP contribution in [0.4, 0.5) is 0 Å². The molecule has 0 bridgehead atoms. The van der Waals surface area contributed by atoms with Crippen molar-refractivity contribution < 1.29 is 0 Å². The normalized spacial score (nSPS) is 35.2. The molecule has 0 saturated heterocycles. The van der Waals surface area contributed by atoms with E-state index in [1.807, 2.05) is 11.3 Å². The maximum Gasteiger partial charge on any atom is 0.0183 e. The summed E-state index contributed by atoms with van der Waals surface area (Å²) in [5, 5.41) is 2.16. The molecule has 2 heteroatoms. The van der Waals surface area contributed by atoms with Crippen LogP contribution in [0.25, 0.3) is 0 Å². The van der Waals surface area contributed by atoms with Crippen molar-refractivity contribution in [3.63, 3.8) is 0 Å². The predicted molar refractivity (Wildman–Crippen MR) is 71.7 cm³/mol. The summed E-state index contributed by atoms with van der Waals surface area (Å²) < 4.78 is 0. The van der Waals surface area contributed by atoms with Crippen LogP contribution in [0.3, 0.4) is 0 Å². The SMILES string of the molecule is CC1CCC(N)(CCc2cccs2)C(C)C1. The van der Waals surface area contributed by atoms with E-state index in [0.717, 1.165) is 18.8 Å². The molecule has 0 aromatic carbocycles. The highest BCUT2D eigenvalue weighted by molar-refractivity contribution is 7.09. The summed E-state index contributed by atoms with van der Waals surface area (Å²) in [4.78, 5) is 1.48. The zero-order chi connectivity index (χ0) is 11.6. The zero-order valence-electron chi connectivity index (χ0n) is 10.4. The highest BCUT2D eigenvalue weighted by Crippen LogP contribution is 2.37. The van der Waals surface area contributed by atoms with Gasteiger partial charge in [0.05, 0.1) is 0 Å². The minimum absolute atomic E-state index is 0.0938. The van der Waals surface area contributed by atoms with Crippen LogP contribution in [0.1, 0.15) is 44.4 Å². The van der Waals surface area contributed by atoms with E-state index in [0.29, 0.717) is 5.92 Å². The highest BCUT2D eigenvalue weighted by Gasteiger charge is 2.36. The largest absolute Gasteiger partial charge is 0.325 e. The number of thiophene rings is 1. The molecule has 0 amide bonds. The van der Waals surface area contributed by atoms with Gasteiger partial charge < -0.3 is 5.73 Å². The summed E-state index contributed by atoms with van der Waals surface area (Å²) in [5.74, 6) is 1.55. The zero-order valence-corrected chi connectivity index (χ0v) is 11.2. The molecule has 1 saturated carbocycles. The maximum atomic E-state index is 6.59. The molecule has 3 unspecified atom stereocenters. The fourth-order valence-electron chi connectivity index (χ4n) is 2.90. The molecule has 3 atom stereocenters. The Morgan fingerprint density at radius 1 is 1.50 bits per heavy atom. The van der Waals surface area contributed by atoms with Gasteiger partial charge in [0.15, 0.2) is 0 Å². The van der Waals surface area contributed by atoms with Gasteiger partial charge in [-0.2, -0.15) is 0 Å². The van der Waals surface area contributed by atoms with Crippen LogP contribution < -0.4 is 5.73 Å². The number of aryl methyl sites for hydroxylation is 1. The molecule has 1 heterocycles. The molecule has 1 aliphatic rings. The molecule has 0 radical (unpaired) electrons. The minimum Gasteiger partial charge on any atom is -0.325 e.